The largest absolute Gasteiger partial charge is 0.391 e. The maximum absolute atomic E-state index is 14.0. The van der Waals surface area contributed by atoms with Crippen LogP contribution in [0.5, 0.6) is 0 Å². The first-order valence-electron chi connectivity index (χ1n) is 14.2. The van der Waals surface area contributed by atoms with Crippen molar-refractivity contribution >= 4 is 21.9 Å². The molecule has 1 unspecified atom stereocenters. The third kappa shape index (κ3) is 4.59. The Balaban J connectivity index is 1.22. The molecule has 7 rings (SSSR count). The molecule has 216 valence electrons. The number of ether oxygens (including phenoxy) is 1. The van der Waals surface area contributed by atoms with Gasteiger partial charge in [0, 0.05) is 44.9 Å². The van der Waals surface area contributed by atoms with Crippen LogP contribution >= 0.6 is 0 Å². The fourth-order valence-corrected chi connectivity index (χ4v) is 8.46. The van der Waals surface area contributed by atoms with Crippen molar-refractivity contribution in [2.75, 3.05) is 38.2 Å². The van der Waals surface area contributed by atoms with Gasteiger partial charge in [0.15, 0.2) is 0 Å². The van der Waals surface area contributed by atoms with Gasteiger partial charge in [-0.1, -0.05) is 5.57 Å². The van der Waals surface area contributed by atoms with Gasteiger partial charge < -0.3 is 14.7 Å². The van der Waals surface area contributed by atoms with E-state index >= 15 is 0 Å². The third-order valence-electron chi connectivity index (χ3n) is 9.20. The molecule has 2 aliphatic carbocycles. The van der Waals surface area contributed by atoms with Crippen LogP contribution in [0.2, 0.25) is 0 Å². The molecule has 0 bridgehead atoms. The van der Waals surface area contributed by atoms with E-state index in [1.807, 2.05) is 15.8 Å². The van der Waals surface area contributed by atoms with Crippen LogP contribution in [0.3, 0.4) is 0 Å². The first kappa shape index (κ1) is 26.8. The molecule has 2 aliphatic heterocycles. The molecule has 1 saturated carbocycles. The van der Waals surface area contributed by atoms with E-state index in [0.717, 1.165) is 29.8 Å². The molecule has 41 heavy (non-hydrogen) atoms. The fraction of sp³-hybridized carbons (Fsp3) is 0.467. The molecule has 11 heteroatoms. The second kappa shape index (κ2) is 10.0. The quantitative estimate of drug-likeness (QED) is 0.458. The van der Waals surface area contributed by atoms with Crippen LogP contribution in [0.1, 0.15) is 36.9 Å². The van der Waals surface area contributed by atoms with Crippen molar-refractivity contribution in [2.24, 2.45) is 11.3 Å². The molecular formula is C30H34FN5O4S. The Bertz CT molecular complexity index is 1590. The van der Waals surface area contributed by atoms with Crippen molar-refractivity contribution in [3.8, 4) is 5.69 Å². The number of aliphatic hydroxyl groups is 1. The first-order valence-corrected chi connectivity index (χ1v) is 15.7. The third-order valence-corrected chi connectivity index (χ3v) is 11.0. The number of sulfonamides is 1. The summed E-state index contributed by atoms with van der Waals surface area (Å²) in [7, 11) is -2.07. The smallest absolute Gasteiger partial charge is 0.244 e. The van der Waals surface area contributed by atoms with Gasteiger partial charge in [0.2, 0.25) is 10.0 Å². The summed E-state index contributed by atoms with van der Waals surface area (Å²) in [5.41, 5.74) is 3.43. The Hall–Kier alpha value is -3.12. The minimum Gasteiger partial charge on any atom is -0.391 e. The summed E-state index contributed by atoms with van der Waals surface area (Å²) in [6.07, 6.45) is 8.96. The summed E-state index contributed by atoms with van der Waals surface area (Å²) in [6.45, 7) is 1.87. The summed E-state index contributed by atoms with van der Waals surface area (Å²) in [4.78, 5) is 6.59. The minimum atomic E-state index is -3.80. The van der Waals surface area contributed by atoms with Crippen molar-refractivity contribution in [2.45, 2.75) is 49.2 Å². The highest BCUT2D eigenvalue weighted by atomic mass is 32.2. The number of aliphatic hydroxyl groups excluding tert-OH is 1. The number of halogens is 1. The molecule has 0 radical (unpaired) electrons. The molecule has 1 aromatic carbocycles. The van der Waals surface area contributed by atoms with Crippen molar-refractivity contribution in [1.29, 1.82) is 0 Å². The monoisotopic (exact) mass is 579 g/mol. The number of methoxy groups -OCH3 is 1. The highest BCUT2D eigenvalue weighted by Gasteiger charge is 2.54. The Morgan fingerprint density at radius 3 is 2.56 bits per heavy atom. The summed E-state index contributed by atoms with van der Waals surface area (Å²) >= 11 is 0. The van der Waals surface area contributed by atoms with E-state index in [0.29, 0.717) is 57.2 Å². The average molecular weight is 580 g/mol. The molecule has 3 atom stereocenters. The average Bonchev–Trinajstić information content (AvgIpc) is 3.58. The van der Waals surface area contributed by atoms with Gasteiger partial charge in [-0.2, -0.15) is 9.40 Å². The van der Waals surface area contributed by atoms with E-state index in [2.05, 4.69) is 16.2 Å². The lowest BCUT2D eigenvalue weighted by Crippen LogP contribution is -2.55. The molecule has 2 saturated heterocycles. The van der Waals surface area contributed by atoms with Crippen LogP contribution in [-0.2, 0) is 21.2 Å². The number of aromatic nitrogens is 3. The van der Waals surface area contributed by atoms with Crippen molar-refractivity contribution in [3.63, 3.8) is 0 Å². The Labute approximate surface area is 239 Å². The Morgan fingerprint density at radius 1 is 1.10 bits per heavy atom. The Kier molecular flexibility index (Phi) is 6.53. The van der Waals surface area contributed by atoms with Gasteiger partial charge in [-0.05, 0) is 86.1 Å². The minimum absolute atomic E-state index is 0.115. The molecule has 2 aromatic heterocycles. The normalized spacial score (nSPS) is 25.5. The molecule has 1 N–H and O–H groups in total. The molecular weight excluding hydrogens is 545 g/mol. The van der Waals surface area contributed by atoms with Gasteiger partial charge >= 0.3 is 0 Å². The van der Waals surface area contributed by atoms with Crippen molar-refractivity contribution in [3.05, 3.63) is 71.4 Å². The molecule has 0 amide bonds. The van der Waals surface area contributed by atoms with Gasteiger partial charge in [-0.3, -0.25) is 0 Å². The van der Waals surface area contributed by atoms with Gasteiger partial charge in [-0.15, -0.1) is 0 Å². The number of hydrogen-bond acceptors (Lipinski definition) is 7. The lowest BCUT2D eigenvalue weighted by molar-refractivity contribution is -0.0260. The second-order valence-electron chi connectivity index (χ2n) is 11.8. The van der Waals surface area contributed by atoms with E-state index in [9.17, 15) is 17.9 Å². The molecule has 3 aromatic rings. The van der Waals surface area contributed by atoms with Crippen LogP contribution in [-0.4, -0.2) is 78.1 Å². The van der Waals surface area contributed by atoms with Crippen LogP contribution in [0.15, 0.2) is 59.3 Å². The van der Waals surface area contributed by atoms with Gasteiger partial charge in [0.1, 0.15) is 16.5 Å². The number of piperidine rings is 1. The maximum atomic E-state index is 14.0. The van der Waals surface area contributed by atoms with E-state index < -0.39 is 15.4 Å². The predicted molar refractivity (Wildman–Crippen MR) is 152 cm³/mol. The molecule has 3 fully saturated rings. The van der Waals surface area contributed by atoms with E-state index in [1.54, 1.807) is 35.7 Å². The topological polar surface area (TPSA) is 101 Å². The van der Waals surface area contributed by atoms with E-state index in [1.165, 1.54) is 23.9 Å². The molecule has 0 spiro atoms. The molecule has 4 aliphatic rings. The number of anilines is 1. The van der Waals surface area contributed by atoms with Crippen LogP contribution in [0.4, 0.5) is 10.2 Å². The zero-order valence-electron chi connectivity index (χ0n) is 23.0. The lowest BCUT2D eigenvalue weighted by atomic mass is 9.64. The number of benzene rings is 1. The number of fused-ring (bicyclic) bond motifs is 2. The number of β-amino-alcohol motifs (C(OH)–C–C–N with tert-alkyl or cyclic N) is 1. The SMILES string of the molecule is CO[C@H](C1CC1)C12Cc3cnn(-c4ccc(F)cc4)c3C=C1CCN(S(=O)(=O)c1ccc(N3CC[C@@H](O)C3)nc1)C2. The molecule has 4 heterocycles. The number of pyridine rings is 1. The summed E-state index contributed by atoms with van der Waals surface area (Å²) in [5.74, 6) is 0.760. The highest BCUT2D eigenvalue weighted by molar-refractivity contribution is 7.89. The highest BCUT2D eigenvalue weighted by Crippen LogP contribution is 2.53. The summed E-state index contributed by atoms with van der Waals surface area (Å²) in [6, 6.07) is 9.64. The lowest BCUT2D eigenvalue weighted by Gasteiger charge is -2.50. The second-order valence-corrected chi connectivity index (χ2v) is 13.7. The number of rotatable bonds is 7. The summed E-state index contributed by atoms with van der Waals surface area (Å²) < 4.78 is 51.1. The van der Waals surface area contributed by atoms with Crippen molar-refractivity contribution < 1.29 is 22.7 Å². The number of hydrogen-bond donors (Lipinski definition) is 1. The zero-order valence-corrected chi connectivity index (χ0v) is 23.8. The molecule has 9 nitrogen and oxygen atoms in total. The van der Waals surface area contributed by atoms with Gasteiger partial charge in [0.25, 0.3) is 0 Å². The zero-order chi connectivity index (χ0) is 28.4. The van der Waals surface area contributed by atoms with Gasteiger partial charge in [-0.25, -0.2) is 22.5 Å². The van der Waals surface area contributed by atoms with E-state index in [-0.39, 0.29) is 22.9 Å². The van der Waals surface area contributed by atoms with Gasteiger partial charge in [0.05, 0.1) is 29.8 Å². The number of nitrogens with zero attached hydrogens (tertiary/aromatic N) is 5. The van der Waals surface area contributed by atoms with Crippen LogP contribution in [0.25, 0.3) is 11.8 Å². The fourth-order valence-electron chi connectivity index (χ4n) is 7.01. The first-order chi connectivity index (χ1) is 19.8. The van der Waals surface area contributed by atoms with Crippen LogP contribution < -0.4 is 4.90 Å². The van der Waals surface area contributed by atoms with E-state index in [4.69, 9.17) is 4.74 Å². The maximum Gasteiger partial charge on any atom is 0.244 e. The standard InChI is InChI=1S/C30H34FN5O4S/c1-40-29(20-2-3-20)30-15-21-16-33-36(24-6-4-23(31)5-7-24)27(21)14-22(30)10-13-35(19-30)41(38,39)26-8-9-28(32-17-26)34-12-11-25(37)18-34/h4-9,14,16-17,20,25,29,37H,2-3,10-13,15,18-19H2,1H3/t25-,29-,30?/m1/s1. The summed E-state index contributed by atoms with van der Waals surface area (Å²) in [5, 5.41) is 14.5. The predicted octanol–water partition coefficient (Wildman–Crippen LogP) is 3.42. The Morgan fingerprint density at radius 2 is 1.90 bits per heavy atom. The van der Waals surface area contributed by atoms with Crippen LogP contribution in [0, 0.1) is 17.2 Å². The van der Waals surface area contributed by atoms with Crippen molar-refractivity contribution in [1.82, 2.24) is 19.1 Å².